The van der Waals surface area contributed by atoms with E-state index in [4.69, 9.17) is 0 Å². The lowest BCUT2D eigenvalue weighted by Gasteiger charge is -2.40. The molecule has 1 aliphatic carbocycles. The predicted octanol–water partition coefficient (Wildman–Crippen LogP) is 6.17. The highest BCUT2D eigenvalue weighted by Gasteiger charge is 2.99. The molecule has 1 saturated carbocycles. The molecule has 0 bridgehead atoms. The second-order valence-electron chi connectivity index (χ2n) is 7.96. The van der Waals surface area contributed by atoms with Crippen molar-refractivity contribution in [1.29, 1.82) is 0 Å². The van der Waals surface area contributed by atoms with Crippen molar-refractivity contribution in [3.63, 3.8) is 0 Å². The third-order valence-electron chi connectivity index (χ3n) is 5.97. The number of halogens is 8. The average Bonchev–Trinajstić information content (AvgIpc) is 2.69. The first-order valence-corrected chi connectivity index (χ1v) is 9.02. The molecular formula is C21H18F8O2. The molecule has 0 unspecified atom stereocenters. The van der Waals surface area contributed by atoms with Crippen LogP contribution in [-0.2, 0) is 5.41 Å². The van der Waals surface area contributed by atoms with Gasteiger partial charge in [-0.1, -0.05) is 24.3 Å². The Kier molecular flexibility index (Phi) is 4.67. The Morgan fingerprint density at radius 1 is 0.484 bits per heavy atom. The van der Waals surface area contributed by atoms with Crippen molar-refractivity contribution in [3.05, 3.63) is 57.6 Å². The largest absolute Gasteiger partial charge is 0.507 e. The van der Waals surface area contributed by atoms with Crippen LogP contribution in [0, 0.1) is 27.7 Å². The average molecular weight is 454 g/mol. The fraction of sp³-hybridized carbons (Fsp3) is 0.429. The molecule has 0 atom stereocenters. The standard InChI is InChI=1S/C21H18F8O2/c1-9-5-13(6-10(2)15(9)30)17(14-7-11(3)16(31)12(4)8-14)18(22,23)20(26,27)21(28,29)19(17,24)25/h5-8,30-31H,1-4H3. The predicted molar refractivity (Wildman–Crippen MR) is 95.7 cm³/mol. The number of phenolic OH excluding ortho intramolecular Hbond substituents is 2. The summed E-state index contributed by atoms with van der Waals surface area (Å²) in [6, 6.07) is 2.27. The van der Waals surface area contributed by atoms with Crippen LogP contribution in [0.1, 0.15) is 33.4 Å². The number of benzene rings is 2. The van der Waals surface area contributed by atoms with Crippen molar-refractivity contribution < 1.29 is 45.3 Å². The van der Waals surface area contributed by atoms with Crippen molar-refractivity contribution in [2.45, 2.75) is 56.8 Å². The van der Waals surface area contributed by atoms with Gasteiger partial charge in [0.1, 0.15) is 11.5 Å². The third kappa shape index (κ3) is 2.39. The van der Waals surface area contributed by atoms with Gasteiger partial charge in [0.25, 0.3) is 0 Å². The van der Waals surface area contributed by atoms with Gasteiger partial charge < -0.3 is 10.2 Å². The molecular weight excluding hydrogens is 436 g/mol. The van der Waals surface area contributed by atoms with Crippen LogP contribution in [0.25, 0.3) is 0 Å². The molecule has 2 nitrogen and oxygen atoms in total. The molecule has 31 heavy (non-hydrogen) atoms. The number of phenols is 2. The smallest absolute Gasteiger partial charge is 0.379 e. The number of hydrogen-bond donors (Lipinski definition) is 2. The molecule has 170 valence electrons. The van der Waals surface area contributed by atoms with Gasteiger partial charge >= 0.3 is 23.7 Å². The Morgan fingerprint density at radius 2 is 0.710 bits per heavy atom. The second kappa shape index (κ2) is 6.26. The molecule has 0 radical (unpaired) electrons. The zero-order valence-corrected chi connectivity index (χ0v) is 16.7. The molecule has 2 aromatic carbocycles. The van der Waals surface area contributed by atoms with Gasteiger partial charge in [0.05, 0.1) is 0 Å². The highest BCUT2D eigenvalue weighted by atomic mass is 19.4. The van der Waals surface area contributed by atoms with Gasteiger partial charge in [0, 0.05) is 0 Å². The van der Waals surface area contributed by atoms with Crippen LogP contribution in [0.15, 0.2) is 24.3 Å². The van der Waals surface area contributed by atoms with Crippen molar-refractivity contribution in [3.8, 4) is 11.5 Å². The van der Waals surface area contributed by atoms with Gasteiger partial charge in [0.15, 0.2) is 5.41 Å². The molecule has 0 heterocycles. The van der Waals surface area contributed by atoms with Crippen LogP contribution in [0.2, 0.25) is 0 Å². The summed E-state index contributed by atoms with van der Waals surface area (Å²) in [6.07, 6.45) is 0. The summed E-state index contributed by atoms with van der Waals surface area (Å²) in [5.41, 5.74) is -7.90. The lowest BCUT2D eigenvalue weighted by atomic mass is 9.67. The minimum atomic E-state index is -6.41. The molecule has 0 aliphatic heterocycles. The van der Waals surface area contributed by atoms with E-state index in [-0.39, 0.29) is 22.3 Å². The Bertz CT molecular complexity index is 944. The van der Waals surface area contributed by atoms with E-state index in [0.29, 0.717) is 24.3 Å². The zero-order chi connectivity index (χ0) is 23.9. The SMILES string of the molecule is Cc1cc(C2(c3cc(C)c(O)c(C)c3)C(F)(F)C(F)(F)C(F)(F)C2(F)F)cc(C)c1O. The van der Waals surface area contributed by atoms with Crippen molar-refractivity contribution in [1.82, 2.24) is 0 Å². The van der Waals surface area contributed by atoms with E-state index < -0.39 is 51.7 Å². The maximum absolute atomic E-state index is 15.3. The molecule has 0 saturated heterocycles. The highest BCUT2D eigenvalue weighted by molar-refractivity contribution is 5.58. The number of alkyl halides is 8. The number of rotatable bonds is 2. The monoisotopic (exact) mass is 454 g/mol. The summed E-state index contributed by atoms with van der Waals surface area (Å²) in [5.74, 6) is -25.7. The maximum Gasteiger partial charge on any atom is 0.379 e. The fourth-order valence-corrected chi connectivity index (χ4v) is 4.30. The highest BCUT2D eigenvalue weighted by Crippen LogP contribution is 2.74. The number of aryl methyl sites for hydroxylation is 4. The van der Waals surface area contributed by atoms with Gasteiger partial charge in [-0.25, -0.2) is 0 Å². The van der Waals surface area contributed by atoms with E-state index in [0.717, 1.165) is 27.7 Å². The van der Waals surface area contributed by atoms with Crippen LogP contribution in [-0.4, -0.2) is 33.9 Å². The number of aromatic hydroxyl groups is 2. The van der Waals surface area contributed by atoms with Crippen molar-refractivity contribution in [2.75, 3.05) is 0 Å². The van der Waals surface area contributed by atoms with E-state index in [1.54, 1.807) is 0 Å². The van der Waals surface area contributed by atoms with Gasteiger partial charge in [0.2, 0.25) is 0 Å². The molecule has 1 fully saturated rings. The first kappa shape index (κ1) is 23.1. The van der Waals surface area contributed by atoms with E-state index in [9.17, 15) is 27.8 Å². The van der Waals surface area contributed by atoms with Crippen LogP contribution in [0.3, 0.4) is 0 Å². The molecule has 0 spiro atoms. The van der Waals surface area contributed by atoms with Gasteiger partial charge in [-0.2, -0.15) is 35.1 Å². The maximum atomic E-state index is 15.3. The van der Waals surface area contributed by atoms with Crippen LogP contribution >= 0.6 is 0 Å². The van der Waals surface area contributed by atoms with Crippen LogP contribution < -0.4 is 0 Å². The molecule has 0 aromatic heterocycles. The normalized spacial score (nSPS) is 22.5. The van der Waals surface area contributed by atoms with Gasteiger partial charge in [-0.3, -0.25) is 0 Å². The third-order valence-corrected chi connectivity index (χ3v) is 5.97. The van der Waals surface area contributed by atoms with Gasteiger partial charge in [-0.05, 0) is 61.1 Å². The minimum absolute atomic E-state index is 0.244. The lowest BCUT2D eigenvalue weighted by molar-refractivity contribution is -0.303. The Balaban J connectivity index is 2.63. The van der Waals surface area contributed by atoms with Gasteiger partial charge in [-0.15, -0.1) is 0 Å². The molecule has 10 heteroatoms. The number of hydrogen-bond acceptors (Lipinski definition) is 2. The Morgan fingerprint density at radius 3 is 0.935 bits per heavy atom. The van der Waals surface area contributed by atoms with Crippen LogP contribution in [0.5, 0.6) is 11.5 Å². The van der Waals surface area contributed by atoms with E-state index >= 15 is 17.6 Å². The first-order chi connectivity index (χ1) is 13.9. The lowest BCUT2D eigenvalue weighted by Crippen LogP contribution is -2.56. The summed E-state index contributed by atoms with van der Waals surface area (Å²) in [7, 11) is 0. The molecule has 1 aliphatic rings. The summed E-state index contributed by atoms with van der Waals surface area (Å²) in [5, 5.41) is 19.8. The van der Waals surface area contributed by atoms with Crippen molar-refractivity contribution >= 4 is 0 Å². The summed E-state index contributed by atoms with van der Waals surface area (Å²) in [6.45, 7) is 4.53. The fourth-order valence-electron chi connectivity index (χ4n) is 4.30. The molecule has 2 N–H and O–H groups in total. The topological polar surface area (TPSA) is 40.5 Å². The van der Waals surface area contributed by atoms with E-state index in [1.165, 1.54) is 0 Å². The Labute approximate surface area is 172 Å². The molecule has 0 amide bonds. The minimum Gasteiger partial charge on any atom is -0.507 e. The van der Waals surface area contributed by atoms with Crippen LogP contribution in [0.4, 0.5) is 35.1 Å². The second-order valence-corrected chi connectivity index (χ2v) is 7.96. The van der Waals surface area contributed by atoms with E-state index in [2.05, 4.69) is 0 Å². The summed E-state index contributed by atoms with van der Waals surface area (Å²) in [4.78, 5) is 0. The molecule has 3 rings (SSSR count). The molecule has 2 aromatic rings. The summed E-state index contributed by atoms with van der Waals surface area (Å²) >= 11 is 0. The summed E-state index contributed by atoms with van der Waals surface area (Å²) < 4.78 is 119. The first-order valence-electron chi connectivity index (χ1n) is 9.02. The quantitative estimate of drug-likeness (QED) is 0.533. The van der Waals surface area contributed by atoms with E-state index in [1.807, 2.05) is 0 Å². The van der Waals surface area contributed by atoms with Crippen molar-refractivity contribution in [2.24, 2.45) is 0 Å². The Hall–Kier alpha value is -2.52. The zero-order valence-electron chi connectivity index (χ0n) is 16.7.